The van der Waals surface area contributed by atoms with Gasteiger partial charge in [-0.05, 0) is 0 Å². The van der Waals surface area contributed by atoms with Crippen LogP contribution in [0.25, 0.3) is 0 Å². The average molecular weight is 508 g/mol. The minimum atomic E-state index is 0.410. The third-order valence-electron chi connectivity index (χ3n) is 1.66. The molecule has 0 atom stereocenters. The maximum atomic E-state index is 2.41. The van der Waals surface area contributed by atoms with Crippen LogP contribution in [0.4, 0.5) is 0 Å². The number of hydrogen-bond donors (Lipinski definition) is 0. The Morgan fingerprint density at radius 2 is 0.933 bits per heavy atom. The van der Waals surface area contributed by atoms with Gasteiger partial charge < -0.3 is 0 Å². The Hall–Kier alpha value is 0.848. The zero-order chi connectivity index (χ0) is 11.5. The summed E-state index contributed by atoms with van der Waals surface area (Å²) in [4.78, 5) is 0. The van der Waals surface area contributed by atoms with Crippen molar-refractivity contribution in [2.75, 3.05) is 0 Å². The second kappa shape index (κ2) is 11.3. The zero-order valence-electron chi connectivity index (χ0n) is 8.78. The van der Waals surface area contributed by atoms with Crippen LogP contribution >= 0.6 is 38.7 Å². The second-order valence-electron chi connectivity index (χ2n) is 2.98. The summed E-state index contributed by atoms with van der Waals surface area (Å²) in [5, 5.41) is 0. The van der Waals surface area contributed by atoms with Crippen molar-refractivity contribution in [3.63, 3.8) is 0 Å². The van der Waals surface area contributed by atoms with Crippen molar-refractivity contribution in [2.45, 2.75) is 13.8 Å². The second-order valence-corrected chi connectivity index (χ2v) is 18.5. The van der Waals surface area contributed by atoms with E-state index in [9.17, 15) is 0 Å². The SMILES string of the molecule is C[c-]1cccc1.C[c-]1cccc1.[I][Mo][I]. The van der Waals surface area contributed by atoms with Crippen molar-refractivity contribution in [3.05, 3.63) is 59.7 Å². The molecule has 15 heavy (non-hydrogen) atoms. The van der Waals surface area contributed by atoms with E-state index in [1.807, 2.05) is 24.3 Å². The summed E-state index contributed by atoms with van der Waals surface area (Å²) in [6.45, 7) is 4.17. The molecule has 0 bridgehead atoms. The van der Waals surface area contributed by atoms with Crippen LogP contribution < -0.4 is 0 Å². The van der Waals surface area contributed by atoms with Gasteiger partial charge in [0.1, 0.15) is 0 Å². The fourth-order valence-electron chi connectivity index (χ4n) is 0.940. The predicted octanol–water partition coefficient (Wildman–Crippen LogP) is 5.20. The topological polar surface area (TPSA) is 0 Å². The molecule has 3 heteroatoms. The molecule has 0 saturated carbocycles. The molecule has 0 radical (unpaired) electrons. The van der Waals surface area contributed by atoms with Gasteiger partial charge in [-0.3, -0.25) is 0 Å². The van der Waals surface area contributed by atoms with Crippen molar-refractivity contribution in [2.24, 2.45) is 0 Å². The molecular weight excluding hydrogens is 494 g/mol. The van der Waals surface area contributed by atoms with Crippen LogP contribution in [0.3, 0.4) is 0 Å². The van der Waals surface area contributed by atoms with E-state index in [0.717, 1.165) is 0 Å². The third-order valence-corrected chi connectivity index (χ3v) is 1.66. The van der Waals surface area contributed by atoms with Crippen LogP contribution in [-0.2, 0) is 11.2 Å². The van der Waals surface area contributed by atoms with Gasteiger partial charge in [-0.25, -0.2) is 24.3 Å². The van der Waals surface area contributed by atoms with E-state index < -0.39 is 0 Å². The number of halogens is 2. The summed E-state index contributed by atoms with van der Waals surface area (Å²) in [5.74, 6) is 0. The first-order valence-electron chi connectivity index (χ1n) is 4.46. The van der Waals surface area contributed by atoms with Gasteiger partial charge in [-0.15, -0.1) is 0 Å². The summed E-state index contributed by atoms with van der Waals surface area (Å²) >= 11 is 5.22. The summed E-state index contributed by atoms with van der Waals surface area (Å²) in [5.41, 5.74) is 2.69. The molecular formula is C12H14I2Mo-2. The van der Waals surface area contributed by atoms with Gasteiger partial charge in [0.05, 0.1) is 0 Å². The first-order chi connectivity index (χ1) is 7.20. The molecule has 2 aromatic rings. The first-order valence-corrected chi connectivity index (χ1v) is 16.4. The van der Waals surface area contributed by atoms with Crippen molar-refractivity contribution in [1.29, 1.82) is 0 Å². The Kier molecular flexibility index (Phi) is 12.0. The molecule has 0 nitrogen and oxygen atoms in total. The summed E-state index contributed by atoms with van der Waals surface area (Å²) in [7, 11) is 0. The molecule has 0 aliphatic carbocycles. The Labute approximate surface area is 122 Å². The molecule has 0 aliphatic heterocycles. The number of hydrogen-bond acceptors (Lipinski definition) is 0. The third kappa shape index (κ3) is 11.1. The molecule has 0 amide bonds. The van der Waals surface area contributed by atoms with E-state index in [1.165, 1.54) is 11.1 Å². The van der Waals surface area contributed by atoms with Gasteiger partial charge in [0.15, 0.2) is 0 Å². The molecule has 2 aromatic carbocycles. The normalized spacial score (nSPS) is 8.27. The van der Waals surface area contributed by atoms with E-state index in [0.29, 0.717) is 11.2 Å². The summed E-state index contributed by atoms with van der Waals surface area (Å²) in [6.07, 6.45) is 0. The molecule has 2 rings (SSSR count). The molecule has 0 aromatic heterocycles. The van der Waals surface area contributed by atoms with Crippen LogP contribution in [0.5, 0.6) is 0 Å². The Balaban J connectivity index is 0.000000210. The van der Waals surface area contributed by atoms with Gasteiger partial charge in [0.2, 0.25) is 0 Å². The fourth-order valence-corrected chi connectivity index (χ4v) is 0.940. The van der Waals surface area contributed by atoms with Crippen molar-refractivity contribution >= 4 is 38.7 Å². The zero-order valence-corrected chi connectivity index (χ0v) is 15.1. The number of rotatable bonds is 0. The molecule has 0 heterocycles. The van der Waals surface area contributed by atoms with Gasteiger partial charge in [0, 0.05) is 0 Å². The Morgan fingerprint density at radius 1 is 0.733 bits per heavy atom. The molecule has 0 unspecified atom stereocenters. The van der Waals surface area contributed by atoms with E-state index in [1.54, 1.807) is 0 Å². The van der Waals surface area contributed by atoms with Crippen LogP contribution in [0.1, 0.15) is 11.1 Å². The summed E-state index contributed by atoms with van der Waals surface area (Å²) < 4.78 is 0. The minimum absolute atomic E-state index is 0.410. The quantitative estimate of drug-likeness (QED) is 0.261. The molecule has 0 spiro atoms. The summed E-state index contributed by atoms with van der Waals surface area (Å²) in [6, 6.07) is 16.5. The molecule has 0 N–H and O–H groups in total. The van der Waals surface area contributed by atoms with E-state index >= 15 is 0 Å². The fraction of sp³-hybridized carbons (Fsp3) is 0.167. The average Bonchev–Trinajstić information content (AvgIpc) is 2.81. The Bertz CT molecular complexity index is 266. The van der Waals surface area contributed by atoms with Gasteiger partial charge >= 0.3 is 49.9 Å². The molecule has 0 aliphatic rings. The van der Waals surface area contributed by atoms with E-state index in [-0.39, 0.29) is 0 Å². The Morgan fingerprint density at radius 3 is 1.00 bits per heavy atom. The standard InChI is InChI=1S/2C6H7.2HI.Mo/c2*1-6-4-2-3-5-6;;;/h2*2-5H,1H3;2*1H;/q2*-1;;;+2/p-2. The monoisotopic (exact) mass is 510 g/mol. The van der Waals surface area contributed by atoms with Crippen LogP contribution in [0.2, 0.25) is 0 Å². The van der Waals surface area contributed by atoms with Crippen molar-refractivity contribution in [1.82, 2.24) is 0 Å². The molecule has 0 fully saturated rings. The van der Waals surface area contributed by atoms with Gasteiger partial charge in [-0.2, -0.15) is 35.4 Å². The van der Waals surface area contributed by atoms with Crippen LogP contribution in [0.15, 0.2) is 48.5 Å². The van der Waals surface area contributed by atoms with Crippen molar-refractivity contribution in [3.8, 4) is 0 Å². The van der Waals surface area contributed by atoms with E-state index in [4.69, 9.17) is 0 Å². The van der Waals surface area contributed by atoms with Crippen molar-refractivity contribution < 1.29 is 11.2 Å². The van der Waals surface area contributed by atoms with Gasteiger partial charge in [0.25, 0.3) is 0 Å². The maximum absolute atomic E-state index is 2.41. The van der Waals surface area contributed by atoms with Crippen LogP contribution in [0, 0.1) is 13.8 Å². The number of aryl methyl sites for hydroxylation is 2. The first kappa shape index (κ1) is 15.8. The molecule has 84 valence electrons. The van der Waals surface area contributed by atoms with Gasteiger partial charge in [-0.1, -0.05) is 13.8 Å². The molecule has 0 saturated heterocycles. The van der Waals surface area contributed by atoms with E-state index in [2.05, 4.69) is 76.8 Å². The predicted molar refractivity (Wildman–Crippen MR) is 81.6 cm³/mol. The van der Waals surface area contributed by atoms with Crippen LogP contribution in [-0.4, -0.2) is 0 Å².